The molecule has 0 aromatic heterocycles. The van der Waals surface area contributed by atoms with Crippen molar-refractivity contribution in [3.63, 3.8) is 0 Å². The minimum absolute atomic E-state index is 0.183. The Labute approximate surface area is 118 Å². The van der Waals surface area contributed by atoms with Gasteiger partial charge in [-0.3, -0.25) is 14.4 Å². The molecule has 0 atom stereocenters. The van der Waals surface area contributed by atoms with Gasteiger partial charge >= 0.3 is 5.97 Å². The van der Waals surface area contributed by atoms with Crippen LogP contribution in [-0.2, 0) is 14.3 Å². The highest BCUT2D eigenvalue weighted by Crippen LogP contribution is 2.13. The number of hydrogen-bond acceptors (Lipinski definition) is 4. The largest absolute Gasteiger partial charge is 0.460 e. The van der Waals surface area contributed by atoms with Gasteiger partial charge < -0.3 is 10.1 Å². The van der Waals surface area contributed by atoms with Gasteiger partial charge in [0.05, 0.1) is 0 Å². The molecular weight excluding hydrogens is 258 g/mol. The van der Waals surface area contributed by atoms with Crippen molar-refractivity contribution in [1.82, 2.24) is 0 Å². The summed E-state index contributed by atoms with van der Waals surface area (Å²) in [4.78, 5) is 34.3. The number of ketones is 1. The first kappa shape index (κ1) is 15.9. The second kappa shape index (κ2) is 6.32. The van der Waals surface area contributed by atoms with Crippen molar-refractivity contribution >= 4 is 23.3 Å². The maximum atomic E-state index is 11.9. The van der Waals surface area contributed by atoms with Crippen LogP contribution in [0.2, 0.25) is 0 Å². The van der Waals surface area contributed by atoms with Crippen LogP contribution in [0, 0.1) is 0 Å². The lowest BCUT2D eigenvalue weighted by Crippen LogP contribution is -2.25. The molecule has 1 rings (SSSR count). The van der Waals surface area contributed by atoms with Gasteiger partial charge in [-0.05, 0) is 45.0 Å². The molecule has 5 nitrogen and oxygen atoms in total. The van der Waals surface area contributed by atoms with Crippen molar-refractivity contribution in [2.75, 3.05) is 5.32 Å². The van der Waals surface area contributed by atoms with Gasteiger partial charge in [0.1, 0.15) is 12.0 Å². The van der Waals surface area contributed by atoms with E-state index in [1.165, 1.54) is 6.92 Å². The van der Waals surface area contributed by atoms with Gasteiger partial charge in [0.15, 0.2) is 5.78 Å². The van der Waals surface area contributed by atoms with Crippen molar-refractivity contribution < 1.29 is 19.1 Å². The van der Waals surface area contributed by atoms with Crippen LogP contribution in [0.4, 0.5) is 5.69 Å². The van der Waals surface area contributed by atoms with Crippen LogP contribution < -0.4 is 5.32 Å². The molecule has 0 radical (unpaired) electrons. The Hall–Kier alpha value is -2.17. The zero-order chi connectivity index (χ0) is 15.3. The van der Waals surface area contributed by atoms with Crippen molar-refractivity contribution in [1.29, 1.82) is 0 Å². The molecule has 0 bridgehead atoms. The van der Waals surface area contributed by atoms with E-state index in [1.807, 2.05) is 0 Å². The van der Waals surface area contributed by atoms with E-state index in [1.54, 1.807) is 45.0 Å². The van der Waals surface area contributed by atoms with Gasteiger partial charge in [-0.15, -0.1) is 0 Å². The molecule has 5 heteroatoms. The lowest BCUT2D eigenvalue weighted by atomic mass is 10.1. The third-order valence-corrected chi connectivity index (χ3v) is 2.25. The minimum atomic E-state index is -0.605. The predicted octanol–water partition coefficient (Wildman–Crippen LogP) is 2.56. The summed E-state index contributed by atoms with van der Waals surface area (Å²) in [5, 5.41) is 2.60. The van der Waals surface area contributed by atoms with Gasteiger partial charge in [-0.2, -0.15) is 0 Å². The predicted molar refractivity (Wildman–Crippen MR) is 75.5 cm³/mol. The molecule has 0 saturated heterocycles. The van der Waals surface area contributed by atoms with Gasteiger partial charge in [-0.1, -0.05) is 0 Å². The summed E-state index contributed by atoms with van der Waals surface area (Å²) in [5.41, 5.74) is 0.406. The Bertz CT molecular complexity index is 512. The number of benzene rings is 1. The molecule has 0 aliphatic carbocycles. The maximum absolute atomic E-state index is 11.9. The maximum Gasteiger partial charge on any atom is 0.314 e. The van der Waals surface area contributed by atoms with E-state index in [4.69, 9.17) is 4.74 Å². The van der Waals surface area contributed by atoms with Crippen molar-refractivity contribution in [2.45, 2.75) is 39.7 Å². The van der Waals surface area contributed by atoms with Crippen LogP contribution in [-0.4, -0.2) is 23.3 Å². The molecule has 0 fully saturated rings. The highest BCUT2D eigenvalue weighted by molar-refractivity contribution is 6.06. The standard InChI is InChI=1S/C15H19NO4/c1-10(17)16-12-7-5-11(6-8-12)13(18)9-14(19)20-15(2,3)4/h5-8H,9H2,1-4H3,(H,16,17). The summed E-state index contributed by atoms with van der Waals surface area (Å²) in [6.07, 6.45) is -0.295. The van der Waals surface area contributed by atoms with E-state index in [0.717, 1.165) is 0 Å². The number of anilines is 1. The molecule has 1 N–H and O–H groups in total. The van der Waals surface area contributed by atoms with E-state index in [2.05, 4.69) is 5.32 Å². The van der Waals surface area contributed by atoms with Gasteiger partial charge in [-0.25, -0.2) is 0 Å². The summed E-state index contributed by atoms with van der Waals surface area (Å²) in [5.74, 6) is -1.04. The average Bonchev–Trinajstić information content (AvgIpc) is 2.26. The zero-order valence-corrected chi connectivity index (χ0v) is 12.1. The van der Waals surface area contributed by atoms with Gasteiger partial charge in [0.25, 0.3) is 0 Å². The SMILES string of the molecule is CC(=O)Nc1ccc(C(=O)CC(=O)OC(C)(C)C)cc1. The molecule has 108 valence electrons. The fourth-order valence-corrected chi connectivity index (χ4v) is 1.55. The molecule has 20 heavy (non-hydrogen) atoms. The topological polar surface area (TPSA) is 72.5 Å². The average molecular weight is 277 g/mol. The summed E-state index contributed by atoms with van der Waals surface area (Å²) < 4.78 is 5.09. The fraction of sp³-hybridized carbons (Fsp3) is 0.400. The fourth-order valence-electron chi connectivity index (χ4n) is 1.55. The summed E-state index contributed by atoms with van der Waals surface area (Å²) in [6.45, 7) is 6.65. The molecule has 1 aromatic carbocycles. The number of esters is 1. The van der Waals surface area contributed by atoms with E-state index >= 15 is 0 Å². The van der Waals surface area contributed by atoms with Crippen LogP contribution in [0.5, 0.6) is 0 Å². The Morgan fingerprint density at radius 1 is 1.10 bits per heavy atom. The lowest BCUT2D eigenvalue weighted by Gasteiger charge is -2.19. The Balaban J connectivity index is 2.64. The normalized spacial score (nSPS) is 10.8. The summed E-state index contributed by atoms with van der Waals surface area (Å²) in [6, 6.07) is 6.36. The number of nitrogens with one attached hydrogen (secondary N) is 1. The number of rotatable bonds is 4. The first-order valence-corrected chi connectivity index (χ1v) is 6.30. The number of carbonyl (C=O) groups is 3. The van der Waals surface area contributed by atoms with Crippen molar-refractivity contribution in [3.8, 4) is 0 Å². The van der Waals surface area contributed by atoms with E-state index in [9.17, 15) is 14.4 Å². The van der Waals surface area contributed by atoms with Crippen molar-refractivity contribution in [3.05, 3.63) is 29.8 Å². The smallest absolute Gasteiger partial charge is 0.314 e. The molecule has 0 spiro atoms. The number of amides is 1. The molecule has 0 saturated carbocycles. The van der Waals surface area contributed by atoms with Crippen LogP contribution >= 0.6 is 0 Å². The number of hydrogen-bond donors (Lipinski definition) is 1. The Morgan fingerprint density at radius 3 is 2.10 bits per heavy atom. The number of ether oxygens (including phenoxy) is 1. The third-order valence-electron chi connectivity index (χ3n) is 2.25. The van der Waals surface area contributed by atoms with Crippen LogP contribution in [0.1, 0.15) is 44.5 Å². The van der Waals surface area contributed by atoms with Crippen LogP contribution in [0.15, 0.2) is 24.3 Å². The first-order valence-electron chi connectivity index (χ1n) is 6.30. The van der Waals surface area contributed by atoms with E-state index < -0.39 is 11.6 Å². The first-order chi connectivity index (χ1) is 9.17. The highest BCUT2D eigenvalue weighted by Gasteiger charge is 2.19. The molecule has 0 aliphatic heterocycles. The summed E-state index contributed by atoms with van der Waals surface area (Å²) >= 11 is 0. The van der Waals surface area contributed by atoms with Crippen LogP contribution in [0.25, 0.3) is 0 Å². The molecule has 1 aromatic rings. The molecule has 0 aliphatic rings. The zero-order valence-electron chi connectivity index (χ0n) is 12.1. The Morgan fingerprint density at radius 2 is 1.65 bits per heavy atom. The number of carbonyl (C=O) groups excluding carboxylic acids is 3. The summed E-state index contributed by atoms with van der Waals surface area (Å²) in [7, 11) is 0. The van der Waals surface area contributed by atoms with Gasteiger partial charge in [0.2, 0.25) is 5.91 Å². The Kier molecular flexibility index (Phi) is 5.02. The monoisotopic (exact) mass is 277 g/mol. The van der Waals surface area contributed by atoms with Crippen molar-refractivity contribution in [2.24, 2.45) is 0 Å². The highest BCUT2D eigenvalue weighted by atomic mass is 16.6. The second-order valence-electron chi connectivity index (χ2n) is 5.44. The van der Waals surface area contributed by atoms with Crippen LogP contribution in [0.3, 0.4) is 0 Å². The van der Waals surface area contributed by atoms with E-state index in [0.29, 0.717) is 11.3 Å². The van der Waals surface area contributed by atoms with Gasteiger partial charge in [0, 0.05) is 18.2 Å². The lowest BCUT2D eigenvalue weighted by molar-refractivity contribution is -0.153. The molecule has 0 heterocycles. The minimum Gasteiger partial charge on any atom is -0.460 e. The van der Waals surface area contributed by atoms with E-state index in [-0.39, 0.29) is 18.1 Å². The second-order valence-corrected chi connectivity index (χ2v) is 5.44. The quantitative estimate of drug-likeness (QED) is 0.521. The molecule has 0 unspecified atom stereocenters. The third kappa shape index (κ3) is 5.65. The molecule has 1 amide bonds. The number of Topliss-reactive ketones (excluding diaryl/α,β-unsaturated/α-hetero) is 1. The molecular formula is C15H19NO4.